The van der Waals surface area contributed by atoms with Crippen LogP contribution in [0.1, 0.15) is 18.5 Å². The van der Waals surface area contributed by atoms with Crippen LogP contribution < -0.4 is 10.1 Å². The van der Waals surface area contributed by atoms with Gasteiger partial charge in [0.25, 0.3) is 5.91 Å². The summed E-state index contributed by atoms with van der Waals surface area (Å²) in [4.78, 5) is 16.4. The lowest BCUT2D eigenvalue weighted by Gasteiger charge is -2.15. The summed E-state index contributed by atoms with van der Waals surface area (Å²) in [6, 6.07) is 19.3. The molecule has 1 amide bonds. The molecule has 2 aromatic carbocycles. The number of rotatable bonds is 5. The summed E-state index contributed by atoms with van der Waals surface area (Å²) in [6.45, 7) is 1.92. The van der Waals surface area contributed by atoms with Gasteiger partial charge in [0.2, 0.25) is 0 Å². The Labute approximate surface area is 135 Å². The fourth-order valence-corrected chi connectivity index (χ4v) is 2.44. The molecular weight excluding hydrogens is 288 g/mol. The lowest BCUT2D eigenvalue weighted by molar-refractivity contribution is -0.123. The Morgan fingerprint density at radius 1 is 1.09 bits per heavy atom. The van der Waals surface area contributed by atoms with Crippen molar-refractivity contribution in [3.63, 3.8) is 0 Å². The lowest BCUT2D eigenvalue weighted by atomic mass is 10.1. The van der Waals surface area contributed by atoms with Gasteiger partial charge in [-0.15, -0.1) is 0 Å². The van der Waals surface area contributed by atoms with E-state index in [1.165, 1.54) is 0 Å². The molecule has 0 saturated heterocycles. The monoisotopic (exact) mass is 306 g/mol. The molecule has 0 saturated carbocycles. The number of nitrogens with zero attached hydrogens (tertiary/aromatic N) is 1. The molecule has 23 heavy (non-hydrogen) atoms. The van der Waals surface area contributed by atoms with Crippen LogP contribution in [0, 0.1) is 0 Å². The Kier molecular flexibility index (Phi) is 4.52. The number of benzene rings is 2. The smallest absolute Gasteiger partial charge is 0.258 e. The maximum absolute atomic E-state index is 12.1. The van der Waals surface area contributed by atoms with E-state index < -0.39 is 0 Å². The Bertz CT molecular complexity index is 797. The first-order valence-corrected chi connectivity index (χ1v) is 7.55. The van der Waals surface area contributed by atoms with Gasteiger partial charge in [0.1, 0.15) is 11.3 Å². The van der Waals surface area contributed by atoms with Gasteiger partial charge in [-0.2, -0.15) is 0 Å². The number of ether oxygens (including phenoxy) is 1. The molecule has 0 spiro atoms. The van der Waals surface area contributed by atoms with Crippen molar-refractivity contribution in [2.75, 3.05) is 6.61 Å². The van der Waals surface area contributed by atoms with Crippen LogP contribution in [0.3, 0.4) is 0 Å². The molecule has 1 N–H and O–H groups in total. The van der Waals surface area contributed by atoms with Crippen molar-refractivity contribution in [3.8, 4) is 5.75 Å². The number of hydrogen-bond donors (Lipinski definition) is 1. The molecule has 1 heterocycles. The molecule has 1 atom stereocenters. The fraction of sp³-hybridized carbons (Fsp3) is 0.158. The van der Waals surface area contributed by atoms with E-state index in [-0.39, 0.29) is 18.6 Å². The topological polar surface area (TPSA) is 51.2 Å². The molecule has 116 valence electrons. The minimum atomic E-state index is -0.158. The predicted octanol–water partition coefficient (Wildman–Crippen LogP) is 3.49. The van der Waals surface area contributed by atoms with Crippen molar-refractivity contribution in [2.24, 2.45) is 0 Å². The standard InChI is InChI=1S/C19H18N2O2/c1-14(15-7-3-2-4-8-15)21-18(22)13-23-17-11-5-9-16-10-6-12-20-19(16)17/h2-12,14H,13H2,1H3,(H,21,22)/t14-/m0/s1. The fourth-order valence-electron chi connectivity index (χ4n) is 2.44. The zero-order chi connectivity index (χ0) is 16.1. The summed E-state index contributed by atoms with van der Waals surface area (Å²) in [5.41, 5.74) is 1.83. The molecule has 0 aliphatic heterocycles. The zero-order valence-corrected chi connectivity index (χ0v) is 12.9. The minimum Gasteiger partial charge on any atom is -0.481 e. The highest BCUT2D eigenvalue weighted by Crippen LogP contribution is 2.22. The molecule has 0 aliphatic carbocycles. The van der Waals surface area contributed by atoms with E-state index in [0.717, 1.165) is 16.5 Å². The van der Waals surface area contributed by atoms with Crippen LogP contribution in [0.5, 0.6) is 5.75 Å². The number of para-hydroxylation sites is 1. The number of aromatic nitrogens is 1. The van der Waals surface area contributed by atoms with Crippen molar-refractivity contribution in [1.29, 1.82) is 0 Å². The third kappa shape index (κ3) is 3.66. The summed E-state index contributed by atoms with van der Waals surface area (Å²) in [5.74, 6) is 0.458. The molecule has 3 aromatic rings. The van der Waals surface area contributed by atoms with Crippen molar-refractivity contribution < 1.29 is 9.53 Å². The van der Waals surface area contributed by atoms with E-state index in [1.54, 1.807) is 6.20 Å². The van der Waals surface area contributed by atoms with Crippen molar-refractivity contribution in [3.05, 3.63) is 72.4 Å². The lowest BCUT2D eigenvalue weighted by Crippen LogP contribution is -2.31. The Morgan fingerprint density at radius 2 is 1.87 bits per heavy atom. The molecule has 4 heteroatoms. The molecule has 0 bridgehead atoms. The third-order valence-corrected chi connectivity index (χ3v) is 3.63. The molecule has 0 fully saturated rings. The van der Waals surface area contributed by atoms with Gasteiger partial charge in [-0.25, -0.2) is 0 Å². The van der Waals surface area contributed by atoms with E-state index in [1.807, 2.05) is 67.6 Å². The molecule has 1 aromatic heterocycles. The number of fused-ring (bicyclic) bond motifs is 1. The molecule has 0 unspecified atom stereocenters. The molecule has 3 rings (SSSR count). The predicted molar refractivity (Wildman–Crippen MR) is 90.2 cm³/mol. The highest BCUT2D eigenvalue weighted by atomic mass is 16.5. The molecular formula is C19H18N2O2. The zero-order valence-electron chi connectivity index (χ0n) is 12.9. The summed E-state index contributed by atoms with van der Waals surface area (Å²) in [5, 5.41) is 3.92. The van der Waals surface area contributed by atoms with Gasteiger partial charge in [0.05, 0.1) is 6.04 Å². The maximum Gasteiger partial charge on any atom is 0.258 e. The Hall–Kier alpha value is -2.88. The summed E-state index contributed by atoms with van der Waals surface area (Å²) >= 11 is 0. The average Bonchev–Trinajstić information content (AvgIpc) is 2.60. The van der Waals surface area contributed by atoms with Gasteiger partial charge in [-0.1, -0.05) is 48.5 Å². The molecule has 4 nitrogen and oxygen atoms in total. The van der Waals surface area contributed by atoms with E-state index in [9.17, 15) is 4.79 Å². The molecule has 0 radical (unpaired) electrons. The summed E-state index contributed by atoms with van der Waals surface area (Å²) in [7, 11) is 0. The summed E-state index contributed by atoms with van der Waals surface area (Å²) < 4.78 is 5.64. The van der Waals surface area contributed by atoms with Crippen LogP contribution in [0.25, 0.3) is 10.9 Å². The second kappa shape index (κ2) is 6.92. The van der Waals surface area contributed by atoms with Crippen LogP contribution in [-0.4, -0.2) is 17.5 Å². The summed E-state index contributed by atoms with van der Waals surface area (Å²) in [6.07, 6.45) is 1.72. The third-order valence-electron chi connectivity index (χ3n) is 3.63. The van der Waals surface area contributed by atoms with Crippen LogP contribution in [-0.2, 0) is 4.79 Å². The van der Waals surface area contributed by atoms with Gasteiger partial charge in [-0.05, 0) is 24.6 Å². The first kappa shape index (κ1) is 15.0. The van der Waals surface area contributed by atoms with E-state index in [0.29, 0.717) is 5.75 Å². The van der Waals surface area contributed by atoms with Crippen LogP contribution in [0.15, 0.2) is 66.9 Å². The van der Waals surface area contributed by atoms with Crippen molar-refractivity contribution in [1.82, 2.24) is 10.3 Å². The van der Waals surface area contributed by atoms with Crippen LogP contribution in [0.2, 0.25) is 0 Å². The maximum atomic E-state index is 12.1. The van der Waals surface area contributed by atoms with E-state index >= 15 is 0 Å². The van der Waals surface area contributed by atoms with Crippen molar-refractivity contribution >= 4 is 16.8 Å². The van der Waals surface area contributed by atoms with E-state index in [4.69, 9.17) is 4.74 Å². The van der Waals surface area contributed by atoms with Crippen molar-refractivity contribution in [2.45, 2.75) is 13.0 Å². The number of amides is 1. The number of carbonyl (C=O) groups is 1. The first-order chi connectivity index (χ1) is 11.2. The number of hydrogen-bond acceptors (Lipinski definition) is 3. The number of nitrogens with one attached hydrogen (secondary N) is 1. The quantitative estimate of drug-likeness (QED) is 0.785. The van der Waals surface area contributed by atoms with Gasteiger partial charge in [0.15, 0.2) is 6.61 Å². The normalized spacial score (nSPS) is 11.9. The first-order valence-electron chi connectivity index (χ1n) is 7.55. The number of carbonyl (C=O) groups excluding carboxylic acids is 1. The second-order valence-corrected chi connectivity index (χ2v) is 5.32. The Morgan fingerprint density at radius 3 is 2.70 bits per heavy atom. The minimum absolute atomic E-state index is 0.0349. The Balaban J connectivity index is 1.62. The number of pyridine rings is 1. The highest BCUT2D eigenvalue weighted by Gasteiger charge is 2.10. The second-order valence-electron chi connectivity index (χ2n) is 5.32. The van der Waals surface area contributed by atoms with Gasteiger partial charge in [-0.3, -0.25) is 9.78 Å². The van der Waals surface area contributed by atoms with Gasteiger partial charge in [0, 0.05) is 11.6 Å². The average molecular weight is 306 g/mol. The van der Waals surface area contributed by atoms with Gasteiger partial charge >= 0.3 is 0 Å². The van der Waals surface area contributed by atoms with E-state index in [2.05, 4.69) is 10.3 Å². The SMILES string of the molecule is C[C@H](NC(=O)COc1cccc2cccnc12)c1ccccc1. The van der Waals surface area contributed by atoms with Crippen LogP contribution >= 0.6 is 0 Å². The molecule has 0 aliphatic rings. The highest BCUT2D eigenvalue weighted by molar-refractivity contribution is 5.85. The van der Waals surface area contributed by atoms with Crippen LogP contribution in [0.4, 0.5) is 0 Å². The van der Waals surface area contributed by atoms with Gasteiger partial charge < -0.3 is 10.1 Å². The largest absolute Gasteiger partial charge is 0.481 e.